The molecule has 19 heavy (non-hydrogen) atoms. The lowest BCUT2D eigenvalue weighted by Crippen LogP contribution is -2.49. The average molecular weight is 267 g/mol. The molecule has 0 radical (unpaired) electrons. The topological polar surface area (TPSA) is 116 Å². The van der Waals surface area contributed by atoms with Crippen LogP contribution >= 0.6 is 0 Å². The predicted octanol–water partition coefficient (Wildman–Crippen LogP) is -1.86. The van der Waals surface area contributed by atoms with Gasteiger partial charge in [0, 0.05) is 5.92 Å². The largest absolute Gasteiger partial charge is 0.394 e. The maximum absolute atomic E-state index is 9.99. The molecule has 0 amide bonds. The van der Waals surface area contributed by atoms with Crippen LogP contribution < -0.4 is 5.73 Å². The molecular formula is C11H17N5O3. The number of hydrogen-bond acceptors (Lipinski definition) is 8. The molecule has 0 aromatic rings. The van der Waals surface area contributed by atoms with Crippen molar-refractivity contribution >= 4 is 18.5 Å². The van der Waals surface area contributed by atoms with Gasteiger partial charge in [-0.2, -0.15) is 0 Å². The van der Waals surface area contributed by atoms with Crippen molar-refractivity contribution in [1.29, 1.82) is 0 Å². The van der Waals surface area contributed by atoms with Crippen molar-refractivity contribution in [1.82, 2.24) is 4.90 Å². The van der Waals surface area contributed by atoms with Crippen LogP contribution in [-0.4, -0.2) is 70.9 Å². The van der Waals surface area contributed by atoms with Gasteiger partial charge in [-0.1, -0.05) is 6.92 Å². The fourth-order valence-electron chi connectivity index (χ4n) is 2.69. The summed E-state index contributed by atoms with van der Waals surface area (Å²) < 4.78 is 5.68. The number of hydrogen-bond donors (Lipinski definition) is 3. The number of amidine groups is 1. The number of nitrogens with zero attached hydrogens (tertiary/aromatic N) is 4. The summed E-state index contributed by atoms with van der Waals surface area (Å²) in [6, 6.07) is -0.300. The van der Waals surface area contributed by atoms with Crippen molar-refractivity contribution in [3.8, 4) is 0 Å². The highest BCUT2D eigenvalue weighted by Gasteiger charge is 2.48. The number of ether oxygens (including phenoxy) is 1. The maximum Gasteiger partial charge on any atom is 0.155 e. The van der Waals surface area contributed by atoms with Crippen molar-refractivity contribution in [3.63, 3.8) is 0 Å². The van der Waals surface area contributed by atoms with Crippen molar-refractivity contribution in [2.45, 2.75) is 37.6 Å². The number of aliphatic imine (C=N–C) groups is 3. The molecule has 0 aliphatic carbocycles. The number of fused-ring (bicyclic) bond motifs is 1. The van der Waals surface area contributed by atoms with Crippen LogP contribution in [0.4, 0.5) is 0 Å². The third kappa shape index (κ3) is 1.83. The second kappa shape index (κ2) is 4.55. The molecule has 1 saturated heterocycles. The highest BCUT2D eigenvalue weighted by molar-refractivity contribution is 5.96. The molecule has 3 aliphatic heterocycles. The zero-order valence-electron chi connectivity index (χ0n) is 10.5. The van der Waals surface area contributed by atoms with Crippen LogP contribution in [0.3, 0.4) is 0 Å². The number of aliphatic hydroxyl groups is 2. The third-order valence-electron chi connectivity index (χ3n) is 3.84. The van der Waals surface area contributed by atoms with Gasteiger partial charge in [-0.15, -0.1) is 0 Å². The van der Waals surface area contributed by atoms with E-state index < -0.39 is 12.2 Å². The molecule has 0 saturated carbocycles. The molecule has 3 rings (SSSR count). The van der Waals surface area contributed by atoms with E-state index in [1.54, 1.807) is 6.34 Å². The fraction of sp³-hybridized carbons (Fsp3) is 0.727. The minimum atomic E-state index is -0.707. The first kappa shape index (κ1) is 12.5. The van der Waals surface area contributed by atoms with E-state index >= 15 is 0 Å². The second-order valence-electron chi connectivity index (χ2n) is 4.99. The molecule has 3 heterocycles. The monoisotopic (exact) mass is 267 g/mol. The van der Waals surface area contributed by atoms with E-state index in [1.165, 1.54) is 6.34 Å². The molecule has 8 nitrogen and oxygen atoms in total. The minimum absolute atomic E-state index is 0.155. The molecular weight excluding hydrogens is 250 g/mol. The summed E-state index contributed by atoms with van der Waals surface area (Å²) >= 11 is 0. The van der Waals surface area contributed by atoms with Crippen LogP contribution in [0.25, 0.3) is 0 Å². The molecule has 0 spiro atoms. The summed E-state index contributed by atoms with van der Waals surface area (Å²) in [4.78, 5) is 14.3. The van der Waals surface area contributed by atoms with Crippen molar-refractivity contribution in [3.05, 3.63) is 0 Å². The summed E-state index contributed by atoms with van der Waals surface area (Å²) in [6.07, 6.45) is 1.10. The van der Waals surface area contributed by atoms with E-state index in [4.69, 9.17) is 10.5 Å². The van der Waals surface area contributed by atoms with E-state index in [1.807, 2.05) is 11.8 Å². The molecule has 2 unspecified atom stereocenters. The van der Waals surface area contributed by atoms with Crippen LogP contribution in [-0.2, 0) is 4.74 Å². The summed E-state index contributed by atoms with van der Waals surface area (Å²) in [5, 5.41) is 19.2. The fourth-order valence-corrected chi connectivity index (χ4v) is 2.69. The number of aliphatic hydroxyl groups excluding tert-OH is 2. The van der Waals surface area contributed by atoms with E-state index in [9.17, 15) is 10.2 Å². The minimum Gasteiger partial charge on any atom is -0.394 e. The van der Waals surface area contributed by atoms with Crippen LogP contribution in [0.5, 0.6) is 0 Å². The van der Waals surface area contributed by atoms with E-state index in [-0.39, 0.29) is 31.0 Å². The lowest BCUT2D eigenvalue weighted by atomic mass is 10.0. The van der Waals surface area contributed by atoms with E-state index in [2.05, 4.69) is 15.0 Å². The summed E-state index contributed by atoms with van der Waals surface area (Å²) in [6.45, 7) is 1.66. The summed E-state index contributed by atoms with van der Waals surface area (Å²) in [5.74, 6) is 0.265. The average Bonchev–Trinajstić information content (AvgIpc) is 2.94. The first-order chi connectivity index (χ1) is 9.13. The Morgan fingerprint density at radius 2 is 2.26 bits per heavy atom. The second-order valence-corrected chi connectivity index (χ2v) is 4.99. The Bertz CT molecular complexity index is 452. The third-order valence-corrected chi connectivity index (χ3v) is 3.84. The zero-order valence-corrected chi connectivity index (χ0v) is 10.5. The van der Waals surface area contributed by atoms with E-state index in [0.717, 1.165) is 0 Å². The lowest BCUT2D eigenvalue weighted by molar-refractivity contribution is -0.0665. The van der Waals surface area contributed by atoms with Crippen molar-refractivity contribution in [2.75, 3.05) is 6.61 Å². The molecule has 0 aromatic heterocycles. The Kier molecular flexibility index (Phi) is 3.00. The number of nitrogens with two attached hydrogens (primary N) is 1. The first-order valence-corrected chi connectivity index (χ1v) is 6.23. The van der Waals surface area contributed by atoms with Gasteiger partial charge in [0.05, 0.1) is 19.0 Å². The zero-order chi connectivity index (χ0) is 13.6. The van der Waals surface area contributed by atoms with Crippen molar-refractivity contribution < 1.29 is 14.9 Å². The van der Waals surface area contributed by atoms with Crippen molar-refractivity contribution in [2.24, 2.45) is 26.6 Å². The molecule has 0 aromatic carbocycles. The molecule has 3 aliphatic rings. The van der Waals surface area contributed by atoms with Gasteiger partial charge < -0.3 is 25.6 Å². The Hall–Kier alpha value is -1.51. The van der Waals surface area contributed by atoms with E-state index in [0.29, 0.717) is 5.84 Å². The lowest BCUT2D eigenvalue weighted by Gasteiger charge is -2.32. The Morgan fingerprint density at radius 3 is 2.95 bits per heavy atom. The van der Waals surface area contributed by atoms with Gasteiger partial charge in [-0.3, -0.25) is 4.99 Å². The Labute approximate surface area is 110 Å². The van der Waals surface area contributed by atoms with Gasteiger partial charge >= 0.3 is 0 Å². The van der Waals surface area contributed by atoms with Gasteiger partial charge in [0.15, 0.2) is 6.17 Å². The van der Waals surface area contributed by atoms with Gasteiger partial charge in [0.25, 0.3) is 0 Å². The smallest absolute Gasteiger partial charge is 0.155 e. The highest BCUT2D eigenvalue weighted by Crippen LogP contribution is 2.32. The Balaban J connectivity index is 1.80. The summed E-state index contributed by atoms with van der Waals surface area (Å²) in [7, 11) is 0. The first-order valence-electron chi connectivity index (χ1n) is 6.23. The van der Waals surface area contributed by atoms with Crippen LogP contribution in [0.2, 0.25) is 0 Å². The molecule has 1 fully saturated rings. The van der Waals surface area contributed by atoms with Gasteiger partial charge in [0.2, 0.25) is 0 Å². The van der Waals surface area contributed by atoms with Crippen LogP contribution in [0.15, 0.2) is 15.0 Å². The van der Waals surface area contributed by atoms with Crippen LogP contribution in [0, 0.1) is 5.92 Å². The van der Waals surface area contributed by atoms with Gasteiger partial charge in [-0.05, 0) is 0 Å². The SMILES string of the molecule is C[C@@H]1[C@H](O)[C@@H](CO)O[C@H]1N1C=NC2C(N)=NC=NC21. The highest BCUT2D eigenvalue weighted by atomic mass is 16.5. The normalized spacial score (nSPS) is 44.6. The summed E-state index contributed by atoms with van der Waals surface area (Å²) in [5.41, 5.74) is 5.78. The predicted molar refractivity (Wildman–Crippen MR) is 68.9 cm³/mol. The molecule has 0 bridgehead atoms. The Morgan fingerprint density at radius 1 is 1.47 bits per heavy atom. The van der Waals surface area contributed by atoms with Gasteiger partial charge in [-0.25, -0.2) is 9.98 Å². The molecule has 8 heteroatoms. The molecule has 104 valence electrons. The standard InChI is InChI=1S/C11H17N5O3/c1-5-8(18)6(2-17)19-11(5)16-4-15-7-9(12)13-3-14-10(7)16/h3-8,10-11,17-18H,2H2,1H3,(H2,12,13,14)/t5-,6-,7?,8+,10?,11-/m1/s1. The van der Waals surface area contributed by atoms with Crippen LogP contribution in [0.1, 0.15) is 6.92 Å². The van der Waals surface area contributed by atoms with Gasteiger partial charge in [0.1, 0.15) is 30.5 Å². The quantitative estimate of drug-likeness (QED) is 0.542. The number of rotatable bonds is 2. The maximum atomic E-state index is 9.99. The molecule has 6 atom stereocenters. The molecule has 4 N–H and O–H groups in total.